The summed E-state index contributed by atoms with van der Waals surface area (Å²) in [4.78, 5) is 17.0. The molecule has 4 rings (SSSR count). The zero-order chi connectivity index (χ0) is 19.5. The van der Waals surface area contributed by atoms with Gasteiger partial charge in [0.1, 0.15) is 10.6 Å². The van der Waals surface area contributed by atoms with Gasteiger partial charge in [0.05, 0.1) is 19.0 Å². The quantitative estimate of drug-likeness (QED) is 0.351. The number of aromatic nitrogens is 1. The highest BCUT2D eigenvalue weighted by Gasteiger charge is 2.15. The standard InChI is InChI=1S/C21H18N4O2S/c1-27-15-8-6-13(7-9-15)19-10-17(22)20(28-19)21(26)25-24-12-14-11-23-18-5-3-2-4-16(14)18/h2-12,23H,22H2,1H3,(H,25,26)/b24-12+. The van der Waals surface area contributed by atoms with E-state index in [1.807, 2.05) is 54.7 Å². The van der Waals surface area contributed by atoms with E-state index >= 15 is 0 Å². The number of amides is 1. The molecule has 0 saturated heterocycles. The molecule has 0 spiro atoms. The molecule has 4 N–H and O–H groups in total. The number of nitrogens with one attached hydrogen (secondary N) is 2. The predicted octanol–water partition coefficient (Wildman–Crippen LogP) is 4.25. The predicted molar refractivity (Wildman–Crippen MR) is 114 cm³/mol. The molecule has 0 radical (unpaired) electrons. The number of aromatic amines is 1. The van der Waals surface area contributed by atoms with Crippen LogP contribution in [0.15, 0.2) is 65.9 Å². The molecule has 2 heterocycles. The fourth-order valence-electron chi connectivity index (χ4n) is 2.89. The van der Waals surface area contributed by atoms with Crippen molar-refractivity contribution >= 4 is 40.0 Å². The van der Waals surface area contributed by atoms with Crippen molar-refractivity contribution < 1.29 is 9.53 Å². The van der Waals surface area contributed by atoms with Crippen molar-refractivity contribution in [2.24, 2.45) is 5.10 Å². The van der Waals surface area contributed by atoms with Crippen LogP contribution in [0.1, 0.15) is 15.2 Å². The van der Waals surface area contributed by atoms with Gasteiger partial charge in [0.15, 0.2) is 0 Å². The number of nitrogens with zero attached hydrogens (tertiary/aromatic N) is 1. The van der Waals surface area contributed by atoms with Crippen LogP contribution in [-0.4, -0.2) is 24.2 Å². The number of H-pyrrole nitrogens is 1. The summed E-state index contributed by atoms with van der Waals surface area (Å²) < 4.78 is 5.17. The zero-order valence-electron chi connectivity index (χ0n) is 15.1. The van der Waals surface area contributed by atoms with Gasteiger partial charge in [0.25, 0.3) is 5.91 Å². The summed E-state index contributed by atoms with van der Waals surface area (Å²) in [6.45, 7) is 0. The van der Waals surface area contributed by atoms with Crippen LogP contribution >= 0.6 is 11.3 Å². The molecule has 0 aliphatic rings. The lowest BCUT2D eigenvalue weighted by atomic mass is 10.2. The summed E-state index contributed by atoms with van der Waals surface area (Å²) in [5.41, 5.74) is 11.9. The number of hydrazone groups is 1. The molecule has 140 valence electrons. The second-order valence-corrected chi connectivity index (χ2v) is 7.16. The Balaban J connectivity index is 1.49. The molecule has 0 aliphatic heterocycles. The van der Waals surface area contributed by atoms with Crippen molar-refractivity contribution in [2.45, 2.75) is 0 Å². The van der Waals surface area contributed by atoms with Gasteiger partial charge in [-0.1, -0.05) is 18.2 Å². The summed E-state index contributed by atoms with van der Waals surface area (Å²) in [5.74, 6) is 0.441. The first-order chi connectivity index (χ1) is 13.7. The number of methoxy groups -OCH3 is 1. The highest BCUT2D eigenvalue weighted by atomic mass is 32.1. The number of fused-ring (bicyclic) bond motifs is 1. The van der Waals surface area contributed by atoms with Gasteiger partial charge in [0.2, 0.25) is 0 Å². The topological polar surface area (TPSA) is 92.5 Å². The third kappa shape index (κ3) is 3.47. The van der Waals surface area contributed by atoms with E-state index in [0.29, 0.717) is 10.6 Å². The Morgan fingerprint density at radius 2 is 2.00 bits per heavy atom. The van der Waals surface area contributed by atoms with Crippen molar-refractivity contribution in [2.75, 3.05) is 12.8 Å². The smallest absolute Gasteiger partial charge is 0.283 e. The van der Waals surface area contributed by atoms with E-state index in [4.69, 9.17) is 10.5 Å². The van der Waals surface area contributed by atoms with Gasteiger partial charge < -0.3 is 15.5 Å². The van der Waals surface area contributed by atoms with Gasteiger partial charge in [0, 0.05) is 27.5 Å². The van der Waals surface area contributed by atoms with Crippen LogP contribution < -0.4 is 15.9 Å². The van der Waals surface area contributed by atoms with E-state index < -0.39 is 0 Å². The van der Waals surface area contributed by atoms with Crippen LogP contribution in [0.5, 0.6) is 5.75 Å². The molecule has 7 heteroatoms. The molecule has 6 nitrogen and oxygen atoms in total. The van der Waals surface area contributed by atoms with Crippen molar-refractivity contribution in [3.63, 3.8) is 0 Å². The highest BCUT2D eigenvalue weighted by Crippen LogP contribution is 2.34. The van der Waals surface area contributed by atoms with Crippen LogP contribution in [0, 0.1) is 0 Å². The summed E-state index contributed by atoms with van der Waals surface area (Å²) in [7, 11) is 1.62. The van der Waals surface area contributed by atoms with Crippen molar-refractivity contribution in [3.8, 4) is 16.2 Å². The number of ether oxygens (including phenoxy) is 1. The molecule has 4 aromatic rings. The Kier molecular flexibility index (Phi) is 4.82. The summed E-state index contributed by atoms with van der Waals surface area (Å²) >= 11 is 1.33. The minimum Gasteiger partial charge on any atom is -0.497 e. The van der Waals surface area contributed by atoms with Gasteiger partial charge in [-0.15, -0.1) is 11.3 Å². The molecule has 2 aromatic carbocycles. The van der Waals surface area contributed by atoms with Gasteiger partial charge in [-0.05, 0) is 42.0 Å². The fraction of sp³-hybridized carbons (Fsp3) is 0.0476. The second kappa shape index (κ2) is 7.58. The lowest BCUT2D eigenvalue weighted by Crippen LogP contribution is -2.17. The normalized spacial score (nSPS) is 11.2. The SMILES string of the molecule is COc1ccc(-c2cc(N)c(C(=O)N/N=C/c3c[nH]c4ccccc34)s2)cc1. The number of nitrogen functional groups attached to an aromatic ring is 1. The maximum Gasteiger partial charge on any atom is 0.283 e. The number of hydrogen-bond acceptors (Lipinski definition) is 5. The van der Waals surface area contributed by atoms with Gasteiger partial charge in [-0.25, -0.2) is 5.43 Å². The largest absolute Gasteiger partial charge is 0.497 e. The Bertz CT molecular complexity index is 1160. The number of carbonyl (C=O) groups excluding carboxylic acids is 1. The van der Waals surface area contributed by atoms with E-state index in [2.05, 4.69) is 15.5 Å². The monoisotopic (exact) mass is 390 g/mol. The number of anilines is 1. The van der Waals surface area contributed by atoms with E-state index in [-0.39, 0.29) is 5.91 Å². The third-order valence-electron chi connectivity index (χ3n) is 4.33. The van der Waals surface area contributed by atoms with Crippen LogP contribution in [-0.2, 0) is 0 Å². The van der Waals surface area contributed by atoms with Gasteiger partial charge in [-0.2, -0.15) is 5.10 Å². The maximum absolute atomic E-state index is 12.5. The summed E-state index contributed by atoms with van der Waals surface area (Å²) in [5, 5.41) is 5.12. The highest BCUT2D eigenvalue weighted by molar-refractivity contribution is 7.18. The molecule has 0 atom stereocenters. The number of thiophene rings is 1. The molecule has 0 unspecified atom stereocenters. The number of hydrogen-bond donors (Lipinski definition) is 3. The molecule has 0 fully saturated rings. The van der Waals surface area contributed by atoms with Crippen LogP contribution in [0.3, 0.4) is 0 Å². The van der Waals surface area contributed by atoms with Crippen molar-refractivity contribution in [3.05, 3.63) is 71.2 Å². The number of nitrogens with two attached hydrogens (primary N) is 1. The molecule has 2 aromatic heterocycles. The average molecular weight is 390 g/mol. The summed E-state index contributed by atoms with van der Waals surface area (Å²) in [6, 6.07) is 17.3. The minimum absolute atomic E-state index is 0.335. The van der Waals surface area contributed by atoms with E-state index in [9.17, 15) is 4.79 Å². The second-order valence-electron chi connectivity index (χ2n) is 6.11. The lowest BCUT2D eigenvalue weighted by molar-refractivity contribution is 0.0960. The lowest BCUT2D eigenvalue weighted by Gasteiger charge is -2.00. The maximum atomic E-state index is 12.5. The first-order valence-corrected chi connectivity index (χ1v) is 9.40. The van der Waals surface area contributed by atoms with Crippen molar-refractivity contribution in [1.82, 2.24) is 10.4 Å². The fourth-order valence-corrected chi connectivity index (χ4v) is 3.87. The molecular weight excluding hydrogens is 372 g/mol. The first kappa shape index (κ1) is 17.8. The number of carbonyl (C=O) groups is 1. The molecular formula is C21H18N4O2S. The molecule has 28 heavy (non-hydrogen) atoms. The van der Waals surface area contributed by atoms with Gasteiger partial charge >= 0.3 is 0 Å². The van der Waals surface area contributed by atoms with Gasteiger partial charge in [-0.3, -0.25) is 4.79 Å². The zero-order valence-corrected chi connectivity index (χ0v) is 15.9. The van der Waals surface area contributed by atoms with E-state index in [0.717, 1.165) is 32.7 Å². The van der Waals surface area contributed by atoms with Crippen molar-refractivity contribution in [1.29, 1.82) is 0 Å². The van der Waals surface area contributed by atoms with Crippen LogP contribution in [0.4, 0.5) is 5.69 Å². The van der Waals surface area contributed by atoms with Crippen LogP contribution in [0.2, 0.25) is 0 Å². The summed E-state index contributed by atoms with van der Waals surface area (Å²) in [6.07, 6.45) is 3.46. The molecule has 0 saturated carbocycles. The Morgan fingerprint density at radius 1 is 1.21 bits per heavy atom. The van der Waals surface area contributed by atoms with E-state index in [1.54, 1.807) is 19.4 Å². The number of rotatable bonds is 5. The Morgan fingerprint density at radius 3 is 2.79 bits per heavy atom. The first-order valence-electron chi connectivity index (χ1n) is 8.59. The minimum atomic E-state index is -0.335. The number of benzene rings is 2. The molecule has 1 amide bonds. The molecule has 0 bridgehead atoms. The van der Waals surface area contributed by atoms with Crippen LogP contribution in [0.25, 0.3) is 21.3 Å². The average Bonchev–Trinajstić information content (AvgIpc) is 3.32. The van der Waals surface area contributed by atoms with E-state index in [1.165, 1.54) is 11.3 Å². The Hall–Kier alpha value is -3.58. The number of para-hydroxylation sites is 1. The third-order valence-corrected chi connectivity index (χ3v) is 5.53. The molecule has 0 aliphatic carbocycles. The Labute approximate surface area is 165 Å².